The molecular formula is C19H28F2N3OP. The molecule has 1 aromatic rings. The second-order valence-electron chi connectivity index (χ2n) is 6.99. The average molecular weight is 383 g/mol. The van der Waals surface area contributed by atoms with Crippen LogP contribution in [0, 0.1) is 5.92 Å². The molecule has 0 aliphatic heterocycles. The first-order chi connectivity index (χ1) is 12.3. The maximum Gasteiger partial charge on any atom is 0.300 e. The van der Waals surface area contributed by atoms with Crippen LogP contribution in [0.25, 0.3) is 0 Å². The number of nitrogens with zero attached hydrogens (tertiary/aromatic N) is 2. The second kappa shape index (κ2) is 8.98. The molecule has 1 atom stereocenters. The molecule has 1 amide bonds. The summed E-state index contributed by atoms with van der Waals surface area (Å²) in [7, 11) is 1.51. The molecule has 2 N–H and O–H groups in total. The highest BCUT2D eigenvalue weighted by atomic mass is 31.0. The topological polar surface area (TPSA) is 68.3 Å². The largest absolute Gasteiger partial charge is 0.383 e. The van der Waals surface area contributed by atoms with Crippen LogP contribution in [0.1, 0.15) is 81.7 Å². The fraction of sp³-hybridized carbons (Fsp3) is 0.632. The van der Waals surface area contributed by atoms with Gasteiger partial charge in [0, 0.05) is 17.4 Å². The number of amidine groups is 1. The molecule has 0 saturated heterocycles. The summed E-state index contributed by atoms with van der Waals surface area (Å²) < 4.78 is 27.2. The Balaban J connectivity index is 2.34. The molecule has 1 aliphatic carbocycles. The summed E-state index contributed by atoms with van der Waals surface area (Å²) in [6.07, 6.45) is 6.17. The maximum atomic E-state index is 13.6. The number of alkyl halides is 2. The van der Waals surface area contributed by atoms with E-state index in [0.717, 1.165) is 44.9 Å². The summed E-state index contributed by atoms with van der Waals surface area (Å²) in [5, 5.41) is 0. The Morgan fingerprint density at radius 2 is 1.96 bits per heavy atom. The zero-order valence-electron chi connectivity index (χ0n) is 15.5. The van der Waals surface area contributed by atoms with Crippen molar-refractivity contribution < 1.29 is 13.6 Å². The van der Waals surface area contributed by atoms with Crippen molar-refractivity contribution in [1.29, 1.82) is 0 Å². The van der Waals surface area contributed by atoms with Crippen LogP contribution in [0.15, 0.2) is 17.1 Å². The van der Waals surface area contributed by atoms with Gasteiger partial charge in [0.25, 0.3) is 11.6 Å². The lowest BCUT2D eigenvalue weighted by atomic mass is 9.80. The average Bonchev–Trinajstić information content (AvgIpc) is 2.52. The Morgan fingerprint density at radius 3 is 2.42 bits per heavy atom. The molecule has 1 unspecified atom stereocenters. The van der Waals surface area contributed by atoms with Gasteiger partial charge in [0.2, 0.25) is 0 Å². The summed E-state index contributed by atoms with van der Waals surface area (Å²) in [5.41, 5.74) is 3.75. The van der Waals surface area contributed by atoms with E-state index in [4.69, 9.17) is 5.73 Å². The van der Waals surface area contributed by atoms with Gasteiger partial charge in [-0.1, -0.05) is 42.3 Å². The number of aliphatic imine (C=N–C) groups is 1. The summed E-state index contributed by atoms with van der Waals surface area (Å²) in [4.78, 5) is 20.8. The molecule has 144 valence electrons. The standard InChI is InChI=1S/C19H28F2N3OP/c1-3-6-13(7-4-2)18(25)24-17(22)14-10-11-15(19(20,21)26)23-16(14)12-8-5-9-12/h10-13H,3-9,26H2,1-2H3,(H2,22,24,25). The van der Waals surface area contributed by atoms with Crippen molar-refractivity contribution >= 4 is 21.0 Å². The molecule has 0 radical (unpaired) electrons. The minimum Gasteiger partial charge on any atom is -0.383 e. The van der Waals surface area contributed by atoms with Crippen LogP contribution in [0.5, 0.6) is 0 Å². The zero-order valence-corrected chi connectivity index (χ0v) is 16.6. The Morgan fingerprint density at radius 1 is 1.35 bits per heavy atom. The van der Waals surface area contributed by atoms with Gasteiger partial charge in [-0.2, -0.15) is 13.8 Å². The highest BCUT2D eigenvalue weighted by Gasteiger charge is 2.31. The molecule has 1 aliphatic rings. The Labute approximate surface area is 156 Å². The third kappa shape index (κ3) is 5.06. The van der Waals surface area contributed by atoms with Crippen LogP contribution in [0.3, 0.4) is 0 Å². The normalized spacial score (nSPS) is 16.0. The van der Waals surface area contributed by atoms with E-state index in [1.54, 1.807) is 0 Å². The van der Waals surface area contributed by atoms with E-state index in [-0.39, 0.29) is 29.3 Å². The van der Waals surface area contributed by atoms with Crippen molar-refractivity contribution in [3.8, 4) is 0 Å². The van der Waals surface area contributed by atoms with Gasteiger partial charge >= 0.3 is 0 Å². The maximum absolute atomic E-state index is 13.6. The van der Waals surface area contributed by atoms with E-state index in [1.165, 1.54) is 21.4 Å². The first-order valence-corrected chi connectivity index (χ1v) is 9.92. The smallest absolute Gasteiger partial charge is 0.300 e. The Bertz CT molecular complexity index is 663. The first kappa shape index (κ1) is 20.9. The predicted molar refractivity (Wildman–Crippen MR) is 103 cm³/mol. The summed E-state index contributed by atoms with van der Waals surface area (Å²) in [5.74, 6) is -0.186. The third-order valence-corrected chi connectivity index (χ3v) is 5.18. The fourth-order valence-electron chi connectivity index (χ4n) is 3.23. The second-order valence-corrected chi connectivity index (χ2v) is 7.71. The lowest BCUT2D eigenvalue weighted by Gasteiger charge is -2.27. The number of halogens is 2. The van der Waals surface area contributed by atoms with Crippen molar-refractivity contribution in [2.45, 2.75) is 70.4 Å². The first-order valence-electron chi connectivity index (χ1n) is 9.34. The Hall–Kier alpha value is -1.42. The van der Waals surface area contributed by atoms with Crippen molar-refractivity contribution in [3.05, 3.63) is 29.1 Å². The van der Waals surface area contributed by atoms with Crippen LogP contribution in [-0.2, 0) is 10.5 Å². The number of hydrogen-bond donors (Lipinski definition) is 1. The molecule has 26 heavy (non-hydrogen) atoms. The third-order valence-electron chi connectivity index (χ3n) is 4.89. The lowest BCUT2D eigenvalue weighted by molar-refractivity contribution is -0.122. The molecule has 0 spiro atoms. The van der Waals surface area contributed by atoms with Crippen molar-refractivity contribution in [2.24, 2.45) is 16.6 Å². The van der Waals surface area contributed by atoms with Gasteiger partial charge in [-0.15, -0.1) is 0 Å². The summed E-state index contributed by atoms with van der Waals surface area (Å²) >= 11 is 0. The molecule has 1 fully saturated rings. The molecule has 1 aromatic heterocycles. The van der Waals surface area contributed by atoms with Gasteiger partial charge < -0.3 is 5.73 Å². The monoisotopic (exact) mass is 383 g/mol. The molecule has 2 rings (SSSR count). The van der Waals surface area contributed by atoms with Crippen LogP contribution in [0.4, 0.5) is 8.78 Å². The van der Waals surface area contributed by atoms with Gasteiger partial charge in [0.1, 0.15) is 11.5 Å². The molecule has 7 heteroatoms. The number of amides is 1. The van der Waals surface area contributed by atoms with E-state index in [0.29, 0.717) is 11.3 Å². The number of aromatic nitrogens is 1. The molecule has 1 saturated carbocycles. The molecule has 0 aromatic carbocycles. The number of rotatable bonds is 8. The van der Waals surface area contributed by atoms with Gasteiger partial charge in [0.05, 0.1) is 5.69 Å². The van der Waals surface area contributed by atoms with Crippen LogP contribution < -0.4 is 5.73 Å². The van der Waals surface area contributed by atoms with Gasteiger partial charge in [-0.05, 0) is 37.8 Å². The Kier molecular flexibility index (Phi) is 7.22. The lowest BCUT2D eigenvalue weighted by Crippen LogP contribution is -2.25. The number of carbonyl (C=O) groups excluding carboxylic acids is 1. The molecule has 4 nitrogen and oxygen atoms in total. The van der Waals surface area contributed by atoms with Crippen LogP contribution in [0.2, 0.25) is 0 Å². The van der Waals surface area contributed by atoms with E-state index < -0.39 is 5.66 Å². The molecular weight excluding hydrogens is 355 g/mol. The van der Waals surface area contributed by atoms with E-state index >= 15 is 0 Å². The highest BCUT2D eigenvalue weighted by Crippen LogP contribution is 2.40. The number of hydrogen-bond acceptors (Lipinski definition) is 2. The minimum absolute atomic E-state index is 0.0835. The number of pyridine rings is 1. The van der Waals surface area contributed by atoms with Crippen molar-refractivity contribution in [2.75, 3.05) is 0 Å². The number of nitrogens with two attached hydrogens (primary N) is 1. The van der Waals surface area contributed by atoms with Crippen LogP contribution in [-0.4, -0.2) is 16.7 Å². The molecule has 1 heterocycles. The van der Waals surface area contributed by atoms with Crippen LogP contribution >= 0.6 is 9.24 Å². The van der Waals surface area contributed by atoms with E-state index in [2.05, 4.69) is 9.98 Å². The van der Waals surface area contributed by atoms with Gasteiger partial charge in [0.15, 0.2) is 0 Å². The SMILES string of the molecule is CCCC(CCC)C(=O)N=C(N)c1ccc(C(F)(F)P)nc1C1CCC1. The predicted octanol–water partition coefficient (Wildman–Crippen LogP) is 4.72. The van der Waals surface area contributed by atoms with Crippen molar-refractivity contribution in [1.82, 2.24) is 4.98 Å². The zero-order chi connectivity index (χ0) is 19.3. The minimum atomic E-state index is -3.09. The number of carbonyl (C=O) groups is 1. The summed E-state index contributed by atoms with van der Waals surface area (Å²) in [6, 6.07) is 2.78. The summed E-state index contributed by atoms with van der Waals surface area (Å²) in [6.45, 7) is 4.06. The fourth-order valence-corrected chi connectivity index (χ4v) is 3.39. The quantitative estimate of drug-likeness (QED) is 0.401. The van der Waals surface area contributed by atoms with E-state index in [9.17, 15) is 13.6 Å². The van der Waals surface area contributed by atoms with E-state index in [1.807, 2.05) is 13.8 Å². The highest BCUT2D eigenvalue weighted by molar-refractivity contribution is 7.17. The molecule has 0 bridgehead atoms. The van der Waals surface area contributed by atoms with Gasteiger partial charge in [-0.3, -0.25) is 9.78 Å². The van der Waals surface area contributed by atoms with Gasteiger partial charge in [-0.25, -0.2) is 0 Å². The van der Waals surface area contributed by atoms with Crippen molar-refractivity contribution in [3.63, 3.8) is 0 Å².